The predicted octanol–water partition coefficient (Wildman–Crippen LogP) is 1.82. The quantitative estimate of drug-likeness (QED) is 0.677. The van der Waals surface area contributed by atoms with Crippen LogP contribution in [0.1, 0.15) is 19.1 Å². The van der Waals surface area contributed by atoms with Crippen molar-refractivity contribution in [2.24, 2.45) is 0 Å². The Kier molecular flexibility index (Phi) is 3.23. The first-order chi connectivity index (χ1) is 8.83. The van der Waals surface area contributed by atoms with Gasteiger partial charge in [0.2, 0.25) is 0 Å². The molecule has 2 atom stereocenters. The molecule has 3 rings (SSSR count). The van der Waals surface area contributed by atoms with Crippen LogP contribution in [0.5, 0.6) is 0 Å². The van der Waals surface area contributed by atoms with Crippen LogP contribution < -0.4 is 0 Å². The van der Waals surface area contributed by atoms with Crippen molar-refractivity contribution in [1.29, 1.82) is 0 Å². The minimum absolute atomic E-state index is 0.0238. The van der Waals surface area contributed by atoms with E-state index >= 15 is 0 Å². The molecule has 1 aliphatic rings. The second kappa shape index (κ2) is 4.87. The van der Waals surface area contributed by atoms with Gasteiger partial charge < -0.3 is 14.4 Å². The van der Waals surface area contributed by atoms with Crippen LogP contribution in [0.2, 0.25) is 0 Å². The van der Waals surface area contributed by atoms with Crippen molar-refractivity contribution in [2.75, 3.05) is 12.9 Å². The van der Waals surface area contributed by atoms with E-state index in [4.69, 9.17) is 9.84 Å². The van der Waals surface area contributed by atoms with E-state index in [0.717, 1.165) is 28.9 Å². The third-order valence-corrected chi connectivity index (χ3v) is 3.98. The van der Waals surface area contributed by atoms with Crippen LogP contribution in [-0.4, -0.2) is 38.6 Å². The second-order valence-electron chi connectivity index (χ2n) is 4.32. The number of ether oxygens (including phenoxy) is 1. The van der Waals surface area contributed by atoms with Gasteiger partial charge in [-0.25, -0.2) is 9.97 Å². The summed E-state index contributed by atoms with van der Waals surface area (Å²) >= 11 is 1.61. The zero-order valence-corrected chi connectivity index (χ0v) is 10.9. The van der Waals surface area contributed by atoms with E-state index in [2.05, 4.69) is 9.97 Å². The number of hydrogen-bond donors (Lipinski definition) is 1. The fourth-order valence-electron chi connectivity index (χ4n) is 2.37. The Morgan fingerprint density at radius 2 is 2.39 bits per heavy atom. The summed E-state index contributed by atoms with van der Waals surface area (Å²) in [7, 11) is 0. The van der Waals surface area contributed by atoms with Crippen molar-refractivity contribution in [3.8, 4) is 0 Å². The van der Waals surface area contributed by atoms with Gasteiger partial charge in [0.15, 0.2) is 0 Å². The minimum Gasteiger partial charge on any atom is -0.394 e. The normalized spacial score (nSPS) is 23.9. The minimum atomic E-state index is -0.0469. The summed E-state index contributed by atoms with van der Waals surface area (Å²) in [6.45, 7) is 0.0841. The molecule has 0 spiro atoms. The summed E-state index contributed by atoms with van der Waals surface area (Å²) in [5, 5.41) is 11.2. The first-order valence-electron chi connectivity index (χ1n) is 5.95. The van der Waals surface area contributed by atoms with E-state index in [-0.39, 0.29) is 18.9 Å². The van der Waals surface area contributed by atoms with Crippen molar-refractivity contribution in [1.82, 2.24) is 14.5 Å². The fourth-order valence-corrected chi connectivity index (χ4v) is 2.90. The van der Waals surface area contributed by atoms with Crippen LogP contribution in [0.4, 0.5) is 0 Å². The maximum atomic E-state index is 9.11. The smallest absolute Gasteiger partial charge is 0.146 e. The average molecular weight is 265 g/mol. The van der Waals surface area contributed by atoms with Crippen molar-refractivity contribution >= 4 is 22.8 Å². The molecular weight excluding hydrogens is 250 g/mol. The third kappa shape index (κ3) is 1.90. The molecule has 2 unspecified atom stereocenters. The number of aromatic nitrogens is 3. The highest BCUT2D eigenvalue weighted by molar-refractivity contribution is 7.98. The molecular formula is C12H15N3O2S. The topological polar surface area (TPSA) is 60.2 Å². The van der Waals surface area contributed by atoms with Crippen LogP contribution in [0.3, 0.4) is 0 Å². The number of nitrogens with zero attached hydrogens (tertiary/aromatic N) is 3. The van der Waals surface area contributed by atoms with E-state index in [1.807, 2.05) is 23.1 Å². The fraction of sp³-hybridized carbons (Fsp3) is 0.500. The number of rotatable bonds is 3. The predicted molar refractivity (Wildman–Crippen MR) is 69.5 cm³/mol. The molecule has 1 saturated heterocycles. The Hall–Kier alpha value is -1.11. The molecule has 0 saturated carbocycles. The van der Waals surface area contributed by atoms with Crippen molar-refractivity contribution < 1.29 is 9.84 Å². The lowest BCUT2D eigenvalue weighted by molar-refractivity contribution is -0.0204. The molecule has 1 aliphatic heterocycles. The molecule has 0 aromatic carbocycles. The molecule has 1 N–H and O–H groups in total. The molecule has 0 aliphatic carbocycles. The molecule has 2 aromatic rings. The van der Waals surface area contributed by atoms with Gasteiger partial charge in [-0.05, 0) is 25.2 Å². The zero-order chi connectivity index (χ0) is 12.5. The van der Waals surface area contributed by atoms with Crippen molar-refractivity contribution in [3.05, 3.63) is 18.6 Å². The summed E-state index contributed by atoms with van der Waals surface area (Å²) in [6, 6.07) is 2.02. The van der Waals surface area contributed by atoms with Crippen LogP contribution in [0.25, 0.3) is 11.0 Å². The third-order valence-electron chi connectivity index (χ3n) is 3.27. The number of aliphatic hydroxyl groups is 1. The Labute approximate surface area is 109 Å². The van der Waals surface area contributed by atoms with Gasteiger partial charge in [0, 0.05) is 6.20 Å². The summed E-state index contributed by atoms with van der Waals surface area (Å²) in [6.07, 6.45) is 7.31. The monoisotopic (exact) mass is 265 g/mol. The highest BCUT2D eigenvalue weighted by Crippen LogP contribution is 2.32. The molecule has 1 fully saturated rings. The number of fused-ring (bicyclic) bond motifs is 1. The molecule has 6 heteroatoms. The molecule has 18 heavy (non-hydrogen) atoms. The second-order valence-corrected chi connectivity index (χ2v) is 5.11. The first-order valence-corrected chi connectivity index (χ1v) is 7.18. The van der Waals surface area contributed by atoms with Crippen LogP contribution in [-0.2, 0) is 4.74 Å². The largest absolute Gasteiger partial charge is 0.394 e. The summed E-state index contributed by atoms with van der Waals surface area (Å²) < 4.78 is 7.82. The molecule has 0 amide bonds. The van der Waals surface area contributed by atoms with E-state index in [9.17, 15) is 0 Å². The molecule has 3 heterocycles. The van der Waals surface area contributed by atoms with Gasteiger partial charge >= 0.3 is 0 Å². The number of thioether (sulfide) groups is 1. The van der Waals surface area contributed by atoms with E-state index < -0.39 is 0 Å². The highest BCUT2D eigenvalue weighted by Gasteiger charge is 2.27. The van der Waals surface area contributed by atoms with Crippen LogP contribution >= 0.6 is 11.8 Å². The van der Waals surface area contributed by atoms with E-state index in [1.165, 1.54) is 0 Å². The lowest BCUT2D eigenvalue weighted by Crippen LogP contribution is -2.14. The van der Waals surface area contributed by atoms with Crippen LogP contribution in [0.15, 0.2) is 23.6 Å². The van der Waals surface area contributed by atoms with Crippen molar-refractivity contribution in [3.63, 3.8) is 0 Å². The Morgan fingerprint density at radius 3 is 3.11 bits per heavy atom. The number of hydrogen-bond acceptors (Lipinski definition) is 5. The van der Waals surface area contributed by atoms with Gasteiger partial charge in [0.1, 0.15) is 23.2 Å². The van der Waals surface area contributed by atoms with E-state index in [1.54, 1.807) is 18.1 Å². The standard InChI is InChI=1S/C12H15N3O2S/c1-18-12-9-4-5-15(11(9)13-7-14-12)10-3-2-8(6-16)17-10/h4-5,7-8,10,16H,2-3,6H2,1H3. The van der Waals surface area contributed by atoms with Crippen LogP contribution in [0, 0.1) is 0 Å². The molecule has 2 aromatic heterocycles. The highest BCUT2D eigenvalue weighted by atomic mass is 32.2. The lowest BCUT2D eigenvalue weighted by Gasteiger charge is -2.14. The van der Waals surface area contributed by atoms with Gasteiger partial charge in [0.05, 0.1) is 18.1 Å². The van der Waals surface area contributed by atoms with Gasteiger partial charge in [-0.3, -0.25) is 0 Å². The van der Waals surface area contributed by atoms with Gasteiger partial charge in [-0.15, -0.1) is 11.8 Å². The molecule has 0 bridgehead atoms. The Balaban J connectivity index is 1.98. The molecule has 5 nitrogen and oxygen atoms in total. The SMILES string of the molecule is CSc1ncnc2c1ccn2C1CCC(CO)O1. The summed E-state index contributed by atoms with van der Waals surface area (Å²) in [5.74, 6) is 0. The zero-order valence-electron chi connectivity index (χ0n) is 10.1. The van der Waals surface area contributed by atoms with Gasteiger partial charge in [0.25, 0.3) is 0 Å². The van der Waals surface area contributed by atoms with Crippen molar-refractivity contribution in [2.45, 2.75) is 30.2 Å². The Bertz CT molecular complexity index is 557. The molecule has 0 radical (unpaired) electrons. The van der Waals surface area contributed by atoms with E-state index in [0.29, 0.717) is 0 Å². The van der Waals surface area contributed by atoms with Gasteiger partial charge in [-0.1, -0.05) is 0 Å². The Morgan fingerprint density at radius 1 is 1.50 bits per heavy atom. The lowest BCUT2D eigenvalue weighted by atomic mass is 10.2. The summed E-state index contributed by atoms with van der Waals surface area (Å²) in [5.41, 5.74) is 0.901. The first kappa shape index (κ1) is 12.0. The maximum Gasteiger partial charge on any atom is 0.146 e. The molecule has 96 valence electrons. The average Bonchev–Trinajstić information content (AvgIpc) is 3.03. The summed E-state index contributed by atoms with van der Waals surface area (Å²) in [4.78, 5) is 8.60. The van der Waals surface area contributed by atoms with Gasteiger partial charge in [-0.2, -0.15) is 0 Å². The number of aliphatic hydroxyl groups excluding tert-OH is 1. The maximum absolute atomic E-state index is 9.11.